The molecule has 0 radical (unpaired) electrons. The third kappa shape index (κ3) is 4.50. The number of amides is 1. The van der Waals surface area contributed by atoms with Crippen LogP contribution in [0.15, 0.2) is 36.7 Å². The molecule has 10 heteroatoms. The molecule has 1 aromatic carbocycles. The van der Waals surface area contributed by atoms with E-state index in [1.807, 2.05) is 18.2 Å². The fourth-order valence-electron chi connectivity index (χ4n) is 4.09. The van der Waals surface area contributed by atoms with Crippen LogP contribution in [0.1, 0.15) is 25.7 Å². The highest BCUT2D eigenvalue weighted by Gasteiger charge is 2.48. The number of alkyl halides is 2. The van der Waals surface area contributed by atoms with Gasteiger partial charge in [0, 0.05) is 35.8 Å². The summed E-state index contributed by atoms with van der Waals surface area (Å²) in [6, 6.07) is 7.67. The number of halogens is 2. The number of carbonyl (C=O) groups is 1. The highest BCUT2D eigenvalue weighted by Crippen LogP contribution is 2.42. The molecule has 2 fully saturated rings. The lowest BCUT2D eigenvalue weighted by atomic mass is 9.81. The summed E-state index contributed by atoms with van der Waals surface area (Å²) in [5.41, 5.74) is 2.21. The van der Waals surface area contributed by atoms with Crippen molar-refractivity contribution in [2.75, 3.05) is 23.7 Å². The van der Waals surface area contributed by atoms with Gasteiger partial charge in [0.1, 0.15) is 5.82 Å². The molecule has 8 nitrogen and oxygen atoms in total. The van der Waals surface area contributed by atoms with Crippen molar-refractivity contribution in [1.82, 2.24) is 25.5 Å². The number of nitrogens with one attached hydrogen (secondary N) is 3. The number of nitrogens with zero attached hydrogens (tertiary/aromatic N) is 4. The summed E-state index contributed by atoms with van der Waals surface area (Å²) in [6.07, 6.45) is 4.63. The van der Waals surface area contributed by atoms with Crippen LogP contribution in [0.2, 0.25) is 0 Å². The fourth-order valence-corrected chi connectivity index (χ4v) is 4.09. The van der Waals surface area contributed by atoms with E-state index in [1.54, 1.807) is 18.5 Å². The summed E-state index contributed by atoms with van der Waals surface area (Å²) in [5, 5.41) is 18.3. The average Bonchev–Trinajstić information content (AvgIpc) is 2.78. The molecule has 0 atom stereocenters. The maximum absolute atomic E-state index is 13.0. The molecule has 0 bridgehead atoms. The lowest BCUT2D eigenvalue weighted by Crippen LogP contribution is -2.42. The third-order valence-corrected chi connectivity index (χ3v) is 5.92. The molecule has 1 aliphatic heterocycles. The van der Waals surface area contributed by atoms with Crippen LogP contribution < -0.4 is 16.0 Å². The van der Waals surface area contributed by atoms with Crippen molar-refractivity contribution in [3.63, 3.8) is 0 Å². The number of hydrogen-bond acceptors (Lipinski definition) is 7. The van der Waals surface area contributed by atoms with Crippen molar-refractivity contribution in [3.8, 4) is 11.3 Å². The summed E-state index contributed by atoms with van der Waals surface area (Å²) in [6.45, 7) is 1.97. The maximum atomic E-state index is 13.0. The second-order valence-corrected chi connectivity index (χ2v) is 8.41. The molecule has 1 aliphatic carbocycles. The lowest BCUT2D eigenvalue weighted by Gasteiger charge is -2.33. The number of rotatable bonds is 5. The van der Waals surface area contributed by atoms with Gasteiger partial charge < -0.3 is 16.0 Å². The van der Waals surface area contributed by atoms with Crippen LogP contribution in [-0.4, -0.2) is 51.1 Å². The normalized spacial score (nSPS) is 18.8. The van der Waals surface area contributed by atoms with Crippen molar-refractivity contribution >= 4 is 28.4 Å². The Hall–Kier alpha value is -3.27. The molecule has 3 N–H and O–H groups in total. The Kier molecular flexibility index (Phi) is 5.38. The van der Waals surface area contributed by atoms with E-state index < -0.39 is 30.6 Å². The van der Waals surface area contributed by atoms with Gasteiger partial charge in [-0.05, 0) is 44.1 Å². The number of aromatic nitrogens is 4. The van der Waals surface area contributed by atoms with Crippen LogP contribution in [0.5, 0.6) is 0 Å². The molecule has 5 rings (SSSR count). The molecule has 1 amide bonds. The highest BCUT2D eigenvalue weighted by molar-refractivity contribution is 5.94. The van der Waals surface area contributed by atoms with Gasteiger partial charge in [0.25, 0.3) is 0 Å². The minimum Gasteiger partial charge on any atom is -0.366 e. The predicted molar refractivity (Wildman–Crippen MR) is 116 cm³/mol. The van der Waals surface area contributed by atoms with Crippen molar-refractivity contribution < 1.29 is 13.6 Å². The van der Waals surface area contributed by atoms with Gasteiger partial charge in [-0.25, -0.2) is 13.8 Å². The SMILES string of the molecule is O=C(Nc1cc2cc(-c3cncc(NC4CCNCC4)n3)ccc2nn1)C1CC(F)(F)C1. The van der Waals surface area contributed by atoms with Gasteiger partial charge in [-0.15, -0.1) is 10.2 Å². The smallest absolute Gasteiger partial charge is 0.249 e. The Bertz CT molecular complexity index is 1140. The molecule has 2 aliphatic rings. The van der Waals surface area contributed by atoms with E-state index >= 15 is 0 Å². The molecule has 1 saturated heterocycles. The van der Waals surface area contributed by atoms with Crippen LogP contribution in [0.4, 0.5) is 20.4 Å². The fraction of sp³-hybridized carbons (Fsp3) is 0.409. The first-order valence-electron chi connectivity index (χ1n) is 10.7. The minimum atomic E-state index is -2.75. The number of fused-ring (bicyclic) bond motifs is 1. The standard InChI is InChI=1S/C22H23F2N7O/c23-22(24)9-15(10-22)21(32)29-19-8-14-7-13(1-2-17(14)30-31-19)18-11-26-12-20(28-18)27-16-3-5-25-6-4-16/h1-2,7-8,11-12,15-16,25H,3-6,9-10H2,(H,27,28)(H,29,31,32). The molecule has 0 spiro atoms. The van der Waals surface area contributed by atoms with Gasteiger partial charge in [-0.1, -0.05) is 6.07 Å². The largest absolute Gasteiger partial charge is 0.366 e. The average molecular weight is 439 g/mol. The molecular weight excluding hydrogens is 416 g/mol. The summed E-state index contributed by atoms with van der Waals surface area (Å²) >= 11 is 0. The van der Waals surface area contributed by atoms with Gasteiger partial charge in [0.15, 0.2) is 5.82 Å². The Morgan fingerprint density at radius 1 is 1.06 bits per heavy atom. The lowest BCUT2D eigenvalue weighted by molar-refractivity contribution is -0.145. The molecule has 166 valence electrons. The van der Waals surface area contributed by atoms with Gasteiger partial charge in [0.05, 0.1) is 23.6 Å². The van der Waals surface area contributed by atoms with Gasteiger partial charge in [0.2, 0.25) is 11.8 Å². The third-order valence-electron chi connectivity index (χ3n) is 5.92. The number of piperidine rings is 1. The molecule has 3 aromatic rings. The zero-order chi connectivity index (χ0) is 22.1. The Labute approximate surface area is 183 Å². The minimum absolute atomic E-state index is 0.238. The zero-order valence-corrected chi connectivity index (χ0v) is 17.3. The Balaban J connectivity index is 1.33. The van der Waals surface area contributed by atoms with E-state index in [4.69, 9.17) is 4.98 Å². The van der Waals surface area contributed by atoms with E-state index in [0.717, 1.165) is 42.7 Å². The van der Waals surface area contributed by atoms with Crippen molar-refractivity contribution in [3.05, 3.63) is 36.7 Å². The highest BCUT2D eigenvalue weighted by atomic mass is 19.3. The Morgan fingerprint density at radius 3 is 2.66 bits per heavy atom. The number of benzene rings is 1. The molecule has 2 aromatic heterocycles. The van der Waals surface area contributed by atoms with E-state index in [0.29, 0.717) is 17.3 Å². The van der Waals surface area contributed by atoms with Crippen molar-refractivity contribution in [1.29, 1.82) is 0 Å². The molecular formula is C22H23F2N7O. The molecule has 1 saturated carbocycles. The second kappa shape index (κ2) is 8.34. The van der Waals surface area contributed by atoms with Crippen molar-refractivity contribution in [2.45, 2.75) is 37.6 Å². The summed E-state index contributed by atoms with van der Waals surface area (Å²) in [5.74, 6) is -2.93. The number of anilines is 2. The second-order valence-electron chi connectivity index (χ2n) is 8.41. The first-order chi connectivity index (χ1) is 15.4. The van der Waals surface area contributed by atoms with Gasteiger partial charge in [-0.3, -0.25) is 9.78 Å². The van der Waals surface area contributed by atoms with Gasteiger partial charge >= 0.3 is 0 Å². The summed E-state index contributed by atoms with van der Waals surface area (Å²) in [7, 11) is 0. The van der Waals surface area contributed by atoms with E-state index in [-0.39, 0.29) is 5.82 Å². The quantitative estimate of drug-likeness (QED) is 0.561. The van der Waals surface area contributed by atoms with Crippen molar-refractivity contribution in [2.24, 2.45) is 5.92 Å². The molecule has 32 heavy (non-hydrogen) atoms. The first-order valence-corrected chi connectivity index (χ1v) is 10.7. The van der Waals surface area contributed by atoms with E-state index in [1.165, 1.54) is 0 Å². The summed E-state index contributed by atoms with van der Waals surface area (Å²) in [4.78, 5) is 21.2. The zero-order valence-electron chi connectivity index (χ0n) is 17.3. The Morgan fingerprint density at radius 2 is 1.88 bits per heavy atom. The molecule has 3 heterocycles. The topological polar surface area (TPSA) is 105 Å². The van der Waals surface area contributed by atoms with E-state index in [2.05, 4.69) is 31.1 Å². The first kappa shape index (κ1) is 20.6. The van der Waals surface area contributed by atoms with Crippen LogP contribution in [0.3, 0.4) is 0 Å². The van der Waals surface area contributed by atoms with Crippen LogP contribution in [0.25, 0.3) is 22.2 Å². The maximum Gasteiger partial charge on any atom is 0.249 e. The number of carbonyl (C=O) groups excluding carboxylic acids is 1. The number of hydrogen-bond donors (Lipinski definition) is 3. The van der Waals surface area contributed by atoms with Crippen LogP contribution >= 0.6 is 0 Å². The van der Waals surface area contributed by atoms with Crippen LogP contribution in [0, 0.1) is 5.92 Å². The molecule has 0 unspecified atom stereocenters. The predicted octanol–water partition coefficient (Wildman–Crippen LogP) is 3.23. The summed E-state index contributed by atoms with van der Waals surface area (Å²) < 4.78 is 26.1. The van der Waals surface area contributed by atoms with E-state index in [9.17, 15) is 13.6 Å². The monoisotopic (exact) mass is 439 g/mol. The van der Waals surface area contributed by atoms with Gasteiger partial charge in [-0.2, -0.15) is 0 Å². The van der Waals surface area contributed by atoms with Crippen LogP contribution in [-0.2, 0) is 4.79 Å².